The van der Waals surface area contributed by atoms with Crippen LogP contribution in [0.25, 0.3) is 0 Å². The number of amides is 2. The largest absolute Gasteiger partial charge is 0.481 e. The van der Waals surface area contributed by atoms with Crippen LogP contribution in [0.5, 0.6) is 0 Å². The van der Waals surface area contributed by atoms with Crippen molar-refractivity contribution in [3.05, 3.63) is 33.9 Å². The van der Waals surface area contributed by atoms with Crippen molar-refractivity contribution in [2.45, 2.75) is 95.5 Å². The number of unbranched alkanes of at least 4 members (excludes halogenated alkanes) is 2. The van der Waals surface area contributed by atoms with Crippen LogP contribution in [-0.4, -0.2) is 62.2 Å². The van der Waals surface area contributed by atoms with Crippen LogP contribution in [0.1, 0.15) is 96.3 Å². The number of rotatable bonds is 14. The van der Waals surface area contributed by atoms with Gasteiger partial charge in [0.25, 0.3) is 0 Å². The Kier molecular flexibility index (Phi) is 9.87. The topological polar surface area (TPSA) is 137 Å². The minimum absolute atomic E-state index is 0.0312. The molecule has 36 heavy (non-hydrogen) atoms. The predicted octanol–water partition coefficient (Wildman–Crippen LogP) is 3.15. The summed E-state index contributed by atoms with van der Waals surface area (Å²) < 4.78 is 17.2. The number of carbonyl (C=O) groups is 3. The van der Waals surface area contributed by atoms with E-state index in [0.717, 1.165) is 55.2 Å². The number of hydrogen-bond donors (Lipinski definition) is 3. The number of hydrogen-bond acceptors (Lipinski definition) is 6. The lowest BCUT2D eigenvalue weighted by atomic mass is 9.75. The maximum atomic E-state index is 13.5. The summed E-state index contributed by atoms with van der Waals surface area (Å²) in [5, 5.41) is 12.3. The number of fused-ring (bicyclic) bond motifs is 2. The summed E-state index contributed by atoms with van der Waals surface area (Å²) >= 11 is 0. The highest BCUT2D eigenvalue weighted by molar-refractivity contribution is 5.99. The van der Waals surface area contributed by atoms with Gasteiger partial charge < -0.3 is 30.4 Å². The molecule has 4 N–H and O–H groups in total. The van der Waals surface area contributed by atoms with E-state index in [1.807, 2.05) is 6.92 Å². The van der Waals surface area contributed by atoms with Gasteiger partial charge in [0.1, 0.15) is 5.92 Å². The molecule has 2 saturated heterocycles. The Labute approximate surface area is 213 Å². The van der Waals surface area contributed by atoms with Crippen LogP contribution in [0.3, 0.4) is 0 Å². The number of nitrogens with two attached hydrogens (primary N) is 1. The summed E-state index contributed by atoms with van der Waals surface area (Å²) in [4.78, 5) is 38.0. The molecule has 4 atom stereocenters. The van der Waals surface area contributed by atoms with Crippen LogP contribution < -0.4 is 11.1 Å². The molecule has 2 aliphatic rings. The minimum Gasteiger partial charge on any atom is -0.481 e. The zero-order valence-corrected chi connectivity index (χ0v) is 21.8. The molecule has 2 bridgehead atoms. The van der Waals surface area contributed by atoms with Gasteiger partial charge in [-0.25, -0.2) is 0 Å². The number of benzene rings is 1. The van der Waals surface area contributed by atoms with Gasteiger partial charge in [-0.3, -0.25) is 14.4 Å². The molecular weight excluding hydrogens is 464 g/mol. The highest BCUT2D eigenvalue weighted by atomic mass is 16.7. The maximum absolute atomic E-state index is 13.5. The van der Waals surface area contributed by atoms with Crippen molar-refractivity contribution in [1.82, 2.24) is 5.32 Å². The van der Waals surface area contributed by atoms with Gasteiger partial charge in [0.05, 0.1) is 12.2 Å². The number of nitrogens with one attached hydrogen (secondary N) is 1. The number of ether oxygens (including phenoxy) is 3. The second kappa shape index (κ2) is 12.7. The van der Waals surface area contributed by atoms with E-state index in [2.05, 4.69) is 12.2 Å². The van der Waals surface area contributed by atoms with Crippen LogP contribution in [0.2, 0.25) is 0 Å². The number of aryl methyl sites for hydroxylation is 1. The number of carboxylic acid groups (broad SMARTS) is 1. The molecule has 4 unspecified atom stereocenters. The summed E-state index contributed by atoms with van der Waals surface area (Å²) in [6, 6.07) is 1.75. The first-order valence-corrected chi connectivity index (χ1v) is 12.9. The third-order valence-corrected chi connectivity index (χ3v) is 7.54. The van der Waals surface area contributed by atoms with Gasteiger partial charge in [0.15, 0.2) is 6.29 Å². The Balaban J connectivity index is 2.17. The van der Waals surface area contributed by atoms with Crippen molar-refractivity contribution < 1.29 is 33.7 Å². The van der Waals surface area contributed by atoms with E-state index in [1.54, 1.807) is 6.07 Å². The predicted molar refractivity (Wildman–Crippen MR) is 134 cm³/mol. The van der Waals surface area contributed by atoms with Gasteiger partial charge in [-0.05, 0) is 61.3 Å². The Morgan fingerprint density at radius 1 is 1.22 bits per heavy atom. The number of carboxylic acids is 1. The third kappa shape index (κ3) is 6.07. The van der Waals surface area contributed by atoms with E-state index >= 15 is 0 Å². The lowest BCUT2D eigenvalue weighted by Crippen LogP contribution is -2.40. The Morgan fingerprint density at radius 2 is 1.94 bits per heavy atom. The van der Waals surface area contributed by atoms with E-state index in [4.69, 9.17) is 19.9 Å². The van der Waals surface area contributed by atoms with Crippen molar-refractivity contribution >= 4 is 17.8 Å². The molecule has 0 aromatic heterocycles. The maximum Gasteiger partial charge on any atom is 0.303 e. The van der Waals surface area contributed by atoms with Crippen molar-refractivity contribution in [1.29, 1.82) is 0 Å². The first kappa shape index (κ1) is 28.1. The van der Waals surface area contributed by atoms with Crippen molar-refractivity contribution in [2.24, 2.45) is 5.73 Å². The first-order chi connectivity index (χ1) is 17.2. The minimum atomic E-state index is -0.966. The molecule has 2 fully saturated rings. The Morgan fingerprint density at radius 3 is 2.47 bits per heavy atom. The molecule has 200 valence electrons. The van der Waals surface area contributed by atoms with E-state index in [9.17, 15) is 19.5 Å². The molecule has 3 rings (SSSR count). The van der Waals surface area contributed by atoms with Crippen LogP contribution in [0.15, 0.2) is 6.07 Å². The second-order valence-electron chi connectivity index (χ2n) is 9.83. The van der Waals surface area contributed by atoms with E-state index in [1.165, 1.54) is 14.2 Å². The summed E-state index contributed by atoms with van der Waals surface area (Å²) in [6.45, 7) is 4.47. The number of carbonyl (C=O) groups excluding carboxylic acids is 2. The lowest BCUT2D eigenvalue weighted by molar-refractivity contribution is -0.146. The molecule has 1 aromatic rings. The molecule has 0 aliphatic carbocycles. The molecule has 9 heteroatoms. The smallest absolute Gasteiger partial charge is 0.303 e. The fourth-order valence-corrected chi connectivity index (χ4v) is 5.79. The molecule has 9 nitrogen and oxygen atoms in total. The highest BCUT2D eigenvalue weighted by Crippen LogP contribution is 2.48. The van der Waals surface area contributed by atoms with Crippen LogP contribution in [0.4, 0.5) is 0 Å². The van der Waals surface area contributed by atoms with Gasteiger partial charge in [-0.2, -0.15) is 0 Å². The second-order valence-corrected chi connectivity index (χ2v) is 9.83. The first-order valence-electron chi connectivity index (χ1n) is 12.9. The SMILES string of the molecule is CCCCCNC(=O)C(c1cc(CCC(=O)O)c(C)c(C2CC3CCC2O3)c1C(N)=O)C(OC)OC. The lowest BCUT2D eigenvalue weighted by Gasteiger charge is -2.31. The normalized spacial score (nSPS) is 21.6. The third-order valence-electron chi connectivity index (χ3n) is 7.54. The average molecular weight is 505 g/mol. The number of aliphatic carboxylic acids is 1. The molecule has 2 heterocycles. The summed E-state index contributed by atoms with van der Waals surface area (Å²) in [6.07, 6.45) is 4.79. The van der Waals surface area contributed by atoms with Gasteiger partial charge in [0.2, 0.25) is 11.8 Å². The Bertz CT molecular complexity index is 960. The fraction of sp³-hybridized carbons (Fsp3) is 0.667. The zero-order valence-electron chi connectivity index (χ0n) is 21.8. The van der Waals surface area contributed by atoms with Gasteiger partial charge in [-0.15, -0.1) is 0 Å². The van der Waals surface area contributed by atoms with Crippen LogP contribution in [0, 0.1) is 6.92 Å². The zero-order chi connectivity index (χ0) is 26.4. The Hall–Kier alpha value is -2.49. The summed E-state index contributed by atoms with van der Waals surface area (Å²) in [5.74, 6) is -2.90. The van der Waals surface area contributed by atoms with E-state index in [-0.39, 0.29) is 36.9 Å². The van der Waals surface area contributed by atoms with E-state index in [0.29, 0.717) is 17.7 Å². The average Bonchev–Trinajstić information content (AvgIpc) is 3.47. The molecular formula is C27H40N2O7. The summed E-state index contributed by atoms with van der Waals surface area (Å²) in [5.41, 5.74) is 9.07. The van der Waals surface area contributed by atoms with Crippen molar-refractivity contribution in [3.8, 4) is 0 Å². The van der Waals surface area contributed by atoms with Crippen LogP contribution in [-0.2, 0) is 30.2 Å². The molecule has 1 aromatic carbocycles. The highest BCUT2D eigenvalue weighted by Gasteiger charge is 2.45. The van der Waals surface area contributed by atoms with Crippen molar-refractivity contribution in [2.75, 3.05) is 20.8 Å². The molecule has 0 saturated carbocycles. The summed E-state index contributed by atoms with van der Waals surface area (Å²) in [7, 11) is 2.89. The van der Waals surface area contributed by atoms with Crippen molar-refractivity contribution in [3.63, 3.8) is 0 Å². The molecule has 2 amide bonds. The monoisotopic (exact) mass is 504 g/mol. The quantitative estimate of drug-likeness (QED) is 0.261. The van der Waals surface area contributed by atoms with Gasteiger partial charge in [0, 0.05) is 38.7 Å². The molecule has 0 radical (unpaired) electrons. The van der Waals surface area contributed by atoms with Gasteiger partial charge >= 0.3 is 5.97 Å². The van der Waals surface area contributed by atoms with Crippen LogP contribution >= 0.6 is 0 Å². The molecule has 2 aliphatic heterocycles. The number of methoxy groups -OCH3 is 2. The van der Waals surface area contributed by atoms with E-state index < -0.39 is 24.1 Å². The fourth-order valence-electron chi connectivity index (χ4n) is 5.79. The number of primary amides is 1. The standard InChI is InChI=1S/C27H40N2O7/c1-5-6-7-12-29-26(33)24(27(34-3)35-4)19-13-16(8-11-21(30)31)15(2)22(23(19)25(28)32)18-14-17-9-10-20(18)36-17/h13,17-18,20,24,27H,5-12,14H2,1-4H3,(H2,28,32)(H,29,33)(H,30,31). The molecule has 0 spiro atoms. The van der Waals surface area contributed by atoms with Gasteiger partial charge in [-0.1, -0.05) is 25.8 Å².